The molecule has 0 amide bonds. The van der Waals surface area contributed by atoms with E-state index in [-0.39, 0.29) is 0 Å². The van der Waals surface area contributed by atoms with Crippen molar-refractivity contribution in [2.45, 2.75) is 33.6 Å². The highest BCUT2D eigenvalue weighted by molar-refractivity contribution is 6.02. The van der Waals surface area contributed by atoms with E-state index in [0.29, 0.717) is 6.42 Å². The molecule has 0 unspecified atom stereocenters. The van der Waals surface area contributed by atoms with Crippen LogP contribution >= 0.6 is 0 Å². The molecule has 6 aromatic rings. The quantitative estimate of drug-likeness (QED) is 0.129. The van der Waals surface area contributed by atoms with Gasteiger partial charge in [0.1, 0.15) is 0 Å². The number of aryl methyl sites for hydroxylation is 1. The standard InChI is InChI=1S/C47H40N2/c1-5-35(30-34(4)41-21-13-14-24-44(41)40-20-11-9-17-32(40)2)45(42-22-8-6-7-16-33(42)3)43-23-12-10-18-38(43)31-39-28-27-37-26-25-36-19-15-29-48-46(36)47(37)49-39/h5-15,17-30H,3,16,31H2,1-2,4H3/b34-30+,35-5+,45-42-. The maximum absolute atomic E-state index is 5.19. The molecule has 0 bridgehead atoms. The second-order valence-electron chi connectivity index (χ2n) is 12.7. The smallest absolute Gasteiger partial charge is 0.0967 e. The van der Waals surface area contributed by atoms with Gasteiger partial charge in [0.25, 0.3) is 0 Å². The Morgan fingerprint density at radius 2 is 1.47 bits per heavy atom. The molecule has 0 saturated carbocycles. The van der Waals surface area contributed by atoms with E-state index in [1.165, 1.54) is 44.5 Å². The Morgan fingerprint density at radius 3 is 2.29 bits per heavy atom. The lowest BCUT2D eigenvalue weighted by Crippen LogP contribution is -2.02. The van der Waals surface area contributed by atoms with Crippen molar-refractivity contribution in [3.63, 3.8) is 0 Å². The van der Waals surface area contributed by atoms with Crippen LogP contribution in [0.3, 0.4) is 0 Å². The van der Waals surface area contributed by atoms with Crippen LogP contribution in [0.5, 0.6) is 0 Å². The molecular formula is C47H40N2. The lowest BCUT2D eigenvalue weighted by molar-refractivity contribution is 1.09. The molecule has 7 rings (SSSR count). The lowest BCUT2D eigenvalue weighted by atomic mass is 9.84. The van der Waals surface area contributed by atoms with Gasteiger partial charge in [-0.15, -0.1) is 0 Å². The summed E-state index contributed by atoms with van der Waals surface area (Å²) in [6.07, 6.45) is 16.6. The molecular weight excluding hydrogens is 593 g/mol. The van der Waals surface area contributed by atoms with Crippen LogP contribution in [-0.2, 0) is 6.42 Å². The van der Waals surface area contributed by atoms with Crippen LogP contribution in [0.2, 0.25) is 0 Å². The molecule has 4 aromatic carbocycles. The van der Waals surface area contributed by atoms with Gasteiger partial charge in [0, 0.05) is 29.1 Å². The maximum atomic E-state index is 5.19. The van der Waals surface area contributed by atoms with E-state index in [9.17, 15) is 0 Å². The molecule has 0 spiro atoms. The molecule has 2 heterocycles. The topological polar surface area (TPSA) is 25.8 Å². The van der Waals surface area contributed by atoms with Gasteiger partial charge in [-0.2, -0.15) is 0 Å². The van der Waals surface area contributed by atoms with Gasteiger partial charge in [-0.05, 0) is 101 Å². The summed E-state index contributed by atoms with van der Waals surface area (Å²) < 4.78 is 0. The molecule has 0 aliphatic heterocycles. The van der Waals surface area contributed by atoms with Crippen molar-refractivity contribution in [2.75, 3.05) is 0 Å². The van der Waals surface area contributed by atoms with E-state index in [0.717, 1.165) is 50.6 Å². The van der Waals surface area contributed by atoms with Crippen molar-refractivity contribution in [3.05, 3.63) is 203 Å². The van der Waals surface area contributed by atoms with Crippen LogP contribution < -0.4 is 0 Å². The normalized spacial score (nSPS) is 14.8. The number of aromatic nitrogens is 2. The summed E-state index contributed by atoms with van der Waals surface area (Å²) >= 11 is 0. The SMILES string of the molecule is C=C1CC=CC=C\C1=C(C(=C/C)/C=C(\C)c1ccccc1-c1ccccc1C)\c1ccccc1Cc1ccc2ccc3cccnc3c2n1. The first-order chi connectivity index (χ1) is 24.0. The monoisotopic (exact) mass is 632 g/mol. The summed E-state index contributed by atoms with van der Waals surface area (Å²) in [5, 5.41) is 2.20. The summed E-state index contributed by atoms with van der Waals surface area (Å²) in [5.74, 6) is 0. The fraction of sp³-hybridized carbons (Fsp3) is 0.106. The van der Waals surface area contributed by atoms with Crippen molar-refractivity contribution < 1.29 is 0 Å². The third kappa shape index (κ3) is 6.51. The Labute approximate surface area is 289 Å². The van der Waals surface area contributed by atoms with Gasteiger partial charge < -0.3 is 0 Å². The first-order valence-corrected chi connectivity index (χ1v) is 17.0. The molecule has 2 aromatic heterocycles. The Morgan fingerprint density at radius 1 is 0.755 bits per heavy atom. The average molecular weight is 633 g/mol. The summed E-state index contributed by atoms with van der Waals surface area (Å²) in [4.78, 5) is 9.89. The van der Waals surface area contributed by atoms with Crippen molar-refractivity contribution in [1.29, 1.82) is 0 Å². The average Bonchev–Trinajstić information content (AvgIpc) is 3.35. The number of pyridine rings is 2. The zero-order chi connectivity index (χ0) is 33.7. The number of allylic oxidation sites excluding steroid dienone is 11. The molecule has 2 nitrogen and oxygen atoms in total. The molecule has 1 aliphatic rings. The molecule has 0 N–H and O–H groups in total. The lowest BCUT2D eigenvalue weighted by Gasteiger charge is -2.20. The highest BCUT2D eigenvalue weighted by Crippen LogP contribution is 2.39. The van der Waals surface area contributed by atoms with Crippen LogP contribution in [0.1, 0.15) is 48.2 Å². The third-order valence-electron chi connectivity index (χ3n) is 9.43. The number of fused-ring (bicyclic) bond motifs is 3. The molecule has 0 atom stereocenters. The predicted octanol–water partition coefficient (Wildman–Crippen LogP) is 12.2. The second kappa shape index (κ2) is 14.1. The van der Waals surface area contributed by atoms with Gasteiger partial charge in [-0.3, -0.25) is 9.97 Å². The van der Waals surface area contributed by atoms with Gasteiger partial charge in [0.15, 0.2) is 0 Å². The highest BCUT2D eigenvalue weighted by Gasteiger charge is 2.19. The van der Waals surface area contributed by atoms with Gasteiger partial charge in [-0.25, -0.2) is 0 Å². The van der Waals surface area contributed by atoms with Gasteiger partial charge in [-0.1, -0.05) is 140 Å². The summed E-state index contributed by atoms with van der Waals surface area (Å²) in [6.45, 7) is 11.1. The van der Waals surface area contributed by atoms with Gasteiger partial charge >= 0.3 is 0 Å². The van der Waals surface area contributed by atoms with Crippen molar-refractivity contribution in [3.8, 4) is 11.1 Å². The van der Waals surface area contributed by atoms with E-state index in [2.05, 4.69) is 167 Å². The Bertz CT molecular complexity index is 2380. The zero-order valence-corrected chi connectivity index (χ0v) is 28.4. The van der Waals surface area contributed by atoms with Gasteiger partial charge in [0.2, 0.25) is 0 Å². The number of benzene rings is 4. The van der Waals surface area contributed by atoms with Crippen LogP contribution in [0, 0.1) is 6.92 Å². The van der Waals surface area contributed by atoms with E-state index in [1.807, 2.05) is 12.3 Å². The number of hydrogen-bond acceptors (Lipinski definition) is 2. The first kappa shape index (κ1) is 31.7. The summed E-state index contributed by atoms with van der Waals surface area (Å²) in [5.41, 5.74) is 16.1. The molecule has 0 fully saturated rings. The van der Waals surface area contributed by atoms with Crippen LogP contribution in [-0.4, -0.2) is 9.97 Å². The fourth-order valence-corrected chi connectivity index (χ4v) is 6.91. The Hall–Kier alpha value is -5.86. The number of rotatable bonds is 7. The van der Waals surface area contributed by atoms with E-state index in [4.69, 9.17) is 9.97 Å². The number of nitrogens with zero attached hydrogens (tertiary/aromatic N) is 2. The molecule has 238 valence electrons. The largest absolute Gasteiger partial charge is 0.254 e. The van der Waals surface area contributed by atoms with Crippen molar-refractivity contribution in [1.82, 2.24) is 9.97 Å². The van der Waals surface area contributed by atoms with Gasteiger partial charge in [0.05, 0.1) is 11.0 Å². The van der Waals surface area contributed by atoms with E-state index in [1.54, 1.807) is 0 Å². The first-order valence-electron chi connectivity index (χ1n) is 17.0. The summed E-state index contributed by atoms with van der Waals surface area (Å²) in [7, 11) is 0. The highest BCUT2D eigenvalue weighted by atomic mass is 14.7. The van der Waals surface area contributed by atoms with Crippen LogP contribution in [0.4, 0.5) is 0 Å². The van der Waals surface area contributed by atoms with Crippen LogP contribution in [0.15, 0.2) is 175 Å². The number of hydrogen-bond donors (Lipinski definition) is 0. The molecule has 49 heavy (non-hydrogen) atoms. The zero-order valence-electron chi connectivity index (χ0n) is 28.4. The summed E-state index contributed by atoms with van der Waals surface area (Å²) in [6, 6.07) is 38.8. The molecule has 1 aliphatic carbocycles. The van der Waals surface area contributed by atoms with E-state index < -0.39 is 0 Å². The van der Waals surface area contributed by atoms with Crippen molar-refractivity contribution >= 4 is 33.0 Å². The minimum absolute atomic E-state index is 0.691. The molecule has 0 saturated heterocycles. The maximum Gasteiger partial charge on any atom is 0.0967 e. The fourth-order valence-electron chi connectivity index (χ4n) is 6.91. The minimum Gasteiger partial charge on any atom is -0.254 e. The van der Waals surface area contributed by atoms with Crippen molar-refractivity contribution in [2.24, 2.45) is 0 Å². The van der Waals surface area contributed by atoms with Crippen LogP contribution in [0.25, 0.3) is 44.1 Å². The minimum atomic E-state index is 0.691. The molecule has 0 radical (unpaired) electrons. The molecule has 2 heteroatoms. The second-order valence-corrected chi connectivity index (χ2v) is 12.7. The Kier molecular flexibility index (Phi) is 9.12. The Balaban J connectivity index is 1.36. The van der Waals surface area contributed by atoms with E-state index >= 15 is 0 Å². The predicted molar refractivity (Wildman–Crippen MR) is 209 cm³/mol. The third-order valence-corrected chi connectivity index (χ3v) is 9.43.